The first-order chi connectivity index (χ1) is 20.4. The number of fused-ring (bicyclic) bond motifs is 2. The van der Waals surface area contributed by atoms with E-state index in [1.165, 1.54) is 30.6 Å². The van der Waals surface area contributed by atoms with Crippen LogP contribution in [0.3, 0.4) is 0 Å². The van der Waals surface area contributed by atoms with E-state index < -0.39 is 11.9 Å². The quantitative estimate of drug-likeness (QED) is 0.218. The highest BCUT2D eigenvalue weighted by atomic mass is 32.2. The predicted octanol–water partition coefficient (Wildman–Crippen LogP) is 5.55. The van der Waals surface area contributed by atoms with Gasteiger partial charge in [-0.3, -0.25) is 19.7 Å². The number of nitrogens with one attached hydrogen (secondary N) is 1. The predicted molar refractivity (Wildman–Crippen MR) is 158 cm³/mol. The molecular weight excluding hydrogens is 569 g/mol. The van der Waals surface area contributed by atoms with Crippen molar-refractivity contribution in [1.29, 1.82) is 0 Å². The Balaban J connectivity index is 0.868. The van der Waals surface area contributed by atoms with Crippen molar-refractivity contribution in [2.75, 3.05) is 6.61 Å². The molecule has 4 aliphatic carbocycles. The third-order valence-corrected chi connectivity index (χ3v) is 14.0. The van der Waals surface area contributed by atoms with Gasteiger partial charge in [0, 0.05) is 44.2 Å². The molecule has 3 aromatic rings. The van der Waals surface area contributed by atoms with Gasteiger partial charge in [-0.25, -0.2) is 4.79 Å². The largest absolute Gasteiger partial charge is 0.461 e. The first-order valence-corrected chi connectivity index (χ1v) is 16.8. The molecule has 1 spiro atoms. The Morgan fingerprint density at radius 2 is 1.90 bits per heavy atom. The van der Waals surface area contributed by atoms with Crippen LogP contribution in [0.15, 0.2) is 47.4 Å². The second kappa shape index (κ2) is 8.69. The zero-order valence-corrected chi connectivity index (χ0v) is 24.7. The summed E-state index contributed by atoms with van der Waals surface area (Å²) in [6, 6.07) is 13.1. The van der Waals surface area contributed by atoms with Crippen molar-refractivity contribution in [3.05, 3.63) is 64.0 Å². The van der Waals surface area contributed by atoms with Gasteiger partial charge >= 0.3 is 5.97 Å². The molecule has 7 nitrogen and oxygen atoms in total. The van der Waals surface area contributed by atoms with Crippen molar-refractivity contribution in [2.45, 2.75) is 61.8 Å². The smallest absolute Gasteiger partial charge is 0.338 e. The lowest BCUT2D eigenvalue weighted by molar-refractivity contribution is -0.437. The van der Waals surface area contributed by atoms with Gasteiger partial charge in [-0.05, 0) is 103 Å². The molecule has 1 aromatic heterocycles. The van der Waals surface area contributed by atoms with Crippen LogP contribution in [0.2, 0.25) is 0 Å². The van der Waals surface area contributed by atoms with Crippen LogP contribution in [0.4, 0.5) is 0 Å². The first kappa shape index (κ1) is 25.3. The van der Waals surface area contributed by atoms with E-state index in [0.717, 1.165) is 44.1 Å². The van der Waals surface area contributed by atoms with Crippen molar-refractivity contribution >= 4 is 56.9 Å². The minimum Gasteiger partial charge on any atom is -0.461 e. The molecule has 4 saturated carbocycles. The van der Waals surface area contributed by atoms with Crippen LogP contribution in [0.5, 0.6) is 0 Å². The molecule has 3 unspecified atom stereocenters. The van der Waals surface area contributed by atoms with E-state index in [9.17, 15) is 19.2 Å². The van der Waals surface area contributed by atoms with Crippen LogP contribution in [-0.4, -0.2) is 41.2 Å². The molecule has 3 heterocycles. The molecule has 5 fully saturated rings. The summed E-state index contributed by atoms with van der Waals surface area (Å²) in [5, 5.41) is 3.41. The zero-order valence-electron chi connectivity index (χ0n) is 23.0. The molecule has 9 heteroatoms. The summed E-state index contributed by atoms with van der Waals surface area (Å²) in [6.07, 6.45) is 5.93. The number of piperidine rings is 1. The van der Waals surface area contributed by atoms with Gasteiger partial charge in [-0.1, -0.05) is 6.07 Å². The average molecular weight is 599 g/mol. The molecule has 1 saturated heterocycles. The van der Waals surface area contributed by atoms with Crippen molar-refractivity contribution in [2.24, 2.45) is 28.6 Å². The molecule has 2 aliphatic heterocycles. The van der Waals surface area contributed by atoms with Gasteiger partial charge in [0.2, 0.25) is 11.8 Å². The molecular formula is C33H30N2O5S2. The molecule has 1 N–H and O–H groups in total. The molecule has 9 rings (SSSR count). The number of carbonyl (C=O) groups is 4. The van der Waals surface area contributed by atoms with Crippen molar-refractivity contribution in [3.8, 4) is 0 Å². The van der Waals surface area contributed by atoms with Crippen LogP contribution >= 0.6 is 23.1 Å². The summed E-state index contributed by atoms with van der Waals surface area (Å²) in [5.74, 6) is 2.42. The molecule has 0 radical (unpaired) electrons. The monoisotopic (exact) mass is 598 g/mol. The lowest BCUT2D eigenvalue weighted by atomic mass is 9.13. The summed E-state index contributed by atoms with van der Waals surface area (Å²) < 4.78 is 7.07. The molecule has 42 heavy (non-hydrogen) atoms. The molecule has 214 valence electrons. The van der Waals surface area contributed by atoms with E-state index in [0.29, 0.717) is 36.1 Å². The van der Waals surface area contributed by atoms with E-state index in [1.807, 2.05) is 36.4 Å². The van der Waals surface area contributed by atoms with Gasteiger partial charge in [-0.2, -0.15) is 0 Å². The van der Waals surface area contributed by atoms with Gasteiger partial charge in [0.25, 0.3) is 5.91 Å². The maximum atomic E-state index is 13.2. The summed E-state index contributed by atoms with van der Waals surface area (Å²) in [7, 11) is 0. The first-order valence-electron chi connectivity index (χ1n) is 15.0. The Kier molecular flexibility index (Phi) is 5.24. The van der Waals surface area contributed by atoms with E-state index >= 15 is 0 Å². The number of hydrogen-bond acceptors (Lipinski definition) is 7. The second-order valence-corrected chi connectivity index (χ2v) is 15.4. The number of nitrogens with zero attached hydrogens (tertiary/aromatic N) is 1. The number of hydrogen-bond donors (Lipinski definition) is 1. The van der Waals surface area contributed by atoms with Gasteiger partial charge in [0.05, 0.1) is 12.2 Å². The van der Waals surface area contributed by atoms with Gasteiger partial charge in [0.1, 0.15) is 6.04 Å². The number of thioether (sulfide) groups is 1. The lowest BCUT2D eigenvalue weighted by Gasteiger charge is -2.91. The number of carbonyl (C=O) groups excluding carboxylic acids is 4. The minimum atomic E-state index is -0.618. The molecule has 3 atom stereocenters. The van der Waals surface area contributed by atoms with Crippen LogP contribution in [0, 0.1) is 28.6 Å². The number of esters is 1. The topological polar surface area (TPSA) is 92.8 Å². The van der Waals surface area contributed by atoms with Crippen LogP contribution in [-0.2, 0) is 26.6 Å². The number of amides is 3. The Morgan fingerprint density at radius 1 is 1.07 bits per heavy atom. The highest BCUT2D eigenvalue weighted by Gasteiger charge is 2.87. The van der Waals surface area contributed by atoms with E-state index in [1.54, 1.807) is 28.0 Å². The van der Waals surface area contributed by atoms with Crippen LogP contribution in [0.1, 0.15) is 69.7 Å². The van der Waals surface area contributed by atoms with Gasteiger partial charge in [-0.15, -0.1) is 23.1 Å². The zero-order chi connectivity index (χ0) is 28.4. The average Bonchev–Trinajstić information content (AvgIpc) is 3.50. The van der Waals surface area contributed by atoms with Crippen LogP contribution < -0.4 is 5.32 Å². The third kappa shape index (κ3) is 3.24. The van der Waals surface area contributed by atoms with Gasteiger partial charge < -0.3 is 9.64 Å². The number of benzene rings is 2. The fourth-order valence-corrected chi connectivity index (χ4v) is 12.0. The second-order valence-electron chi connectivity index (χ2n) is 13.2. The number of imide groups is 1. The summed E-state index contributed by atoms with van der Waals surface area (Å²) in [6.45, 7) is 0.954. The Bertz CT molecular complexity index is 1720. The fourth-order valence-electron chi connectivity index (χ4n) is 9.83. The van der Waals surface area contributed by atoms with Crippen molar-refractivity contribution < 1.29 is 23.9 Å². The Morgan fingerprint density at radius 3 is 2.67 bits per heavy atom. The normalized spacial score (nSPS) is 33.4. The summed E-state index contributed by atoms with van der Waals surface area (Å²) in [4.78, 5) is 54.0. The molecule has 2 aromatic carbocycles. The number of rotatable bonds is 7. The highest BCUT2D eigenvalue weighted by Crippen LogP contribution is 2.92. The summed E-state index contributed by atoms with van der Waals surface area (Å²) in [5.41, 5.74) is 3.03. The van der Waals surface area contributed by atoms with Crippen LogP contribution in [0.25, 0.3) is 10.1 Å². The van der Waals surface area contributed by atoms with Crippen molar-refractivity contribution in [1.82, 2.24) is 10.2 Å². The SMILES string of the molecule is O=C1CCC(N2Cc3c(SCc4cc5cc(C(=O)OCC67CC8CC9CC(C6)C987)ccc5s4)cccc3C2=O)C(=O)N1. The Hall–Kier alpha value is -3.17. The highest BCUT2D eigenvalue weighted by molar-refractivity contribution is 7.98. The van der Waals surface area contributed by atoms with Crippen molar-refractivity contribution in [3.63, 3.8) is 0 Å². The molecule has 3 amide bonds. The fraction of sp³-hybridized carbons (Fsp3) is 0.455. The number of ether oxygens (including phenoxy) is 1. The van der Waals surface area contributed by atoms with E-state index in [4.69, 9.17) is 4.74 Å². The molecule has 0 bridgehead atoms. The maximum Gasteiger partial charge on any atom is 0.338 e. The van der Waals surface area contributed by atoms with E-state index in [2.05, 4.69) is 11.4 Å². The van der Waals surface area contributed by atoms with Gasteiger partial charge in [0.15, 0.2) is 0 Å². The van der Waals surface area contributed by atoms with E-state index in [-0.39, 0.29) is 29.6 Å². The summed E-state index contributed by atoms with van der Waals surface area (Å²) >= 11 is 3.39. The third-order valence-electron chi connectivity index (χ3n) is 11.5. The minimum absolute atomic E-state index is 0.156. The standard InChI is InChI=1S/C33H30N2O5S2/c36-28-7-5-25(29(37)34-28)35-14-24-23(30(35)38)2-1-3-27(24)41-15-22-9-18-8-17(4-6-26(18)42-22)31(39)40-16-32-12-20-10-19-11-21(13-32)33(19,20)32/h1-4,6,8-9,19-21,25H,5,7,10-16H2,(H,34,36,37). The molecule has 6 aliphatic rings. The number of thiophene rings is 1. The lowest BCUT2D eigenvalue weighted by Crippen LogP contribution is -2.86. The Labute approximate surface area is 251 Å². The maximum absolute atomic E-state index is 13.2.